The van der Waals surface area contributed by atoms with Crippen molar-refractivity contribution in [3.63, 3.8) is 0 Å². The first kappa shape index (κ1) is 16.4. The summed E-state index contributed by atoms with van der Waals surface area (Å²) in [5, 5.41) is 2.00. The molecule has 20 heavy (non-hydrogen) atoms. The minimum absolute atomic E-state index is 0.0827. The van der Waals surface area contributed by atoms with Gasteiger partial charge in [0.1, 0.15) is 16.8 Å². The third-order valence-corrected chi connectivity index (χ3v) is 4.19. The molecule has 1 rings (SSSR count). The molecule has 0 aromatic heterocycles. The van der Waals surface area contributed by atoms with Gasteiger partial charge in [0.05, 0.1) is 5.75 Å². The second-order valence-electron chi connectivity index (χ2n) is 4.51. The largest absolute Gasteiger partial charge is 0.325 e. The molecule has 0 heterocycles. The molecule has 0 spiro atoms. The van der Waals surface area contributed by atoms with Crippen LogP contribution in [-0.4, -0.2) is 28.5 Å². The van der Waals surface area contributed by atoms with Crippen molar-refractivity contribution >= 4 is 34.9 Å². The van der Waals surface area contributed by atoms with Gasteiger partial charge in [0.2, 0.25) is 5.91 Å². The van der Waals surface area contributed by atoms with Gasteiger partial charge in [0, 0.05) is 5.69 Å². The fourth-order valence-electron chi connectivity index (χ4n) is 1.70. The van der Waals surface area contributed by atoms with Gasteiger partial charge in [-0.3, -0.25) is 14.4 Å². The Balaban J connectivity index is 2.50. The van der Waals surface area contributed by atoms with E-state index in [4.69, 9.17) is 0 Å². The van der Waals surface area contributed by atoms with Gasteiger partial charge in [-0.1, -0.05) is 19.1 Å². The Morgan fingerprint density at radius 2 is 1.65 bits per heavy atom. The summed E-state index contributed by atoms with van der Waals surface area (Å²) < 4.78 is 0. The molecule has 1 amide bonds. The predicted octanol–water partition coefficient (Wildman–Crippen LogP) is 2.47. The van der Waals surface area contributed by atoms with Crippen molar-refractivity contribution in [2.45, 2.75) is 32.4 Å². The highest BCUT2D eigenvalue weighted by Gasteiger charge is 2.21. The molecule has 1 N–H and O–H groups in total. The lowest BCUT2D eigenvalue weighted by atomic mass is 10.1. The maximum Gasteiger partial charge on any atom is 0.234 e. The number of anilines is 1. The lowest BCUT2D eigenvalue weighted by Crippen LogP contribution is -2.25. The standard InChI is InChI=1S/C15H19NO3S/c1-4-12-5-7-13(8-6-12)16-14(19)9-20-15(10(2)17)11(3)18/h5-8,15H,4,9H2,1-3H3,(H,16,19). The summed E-state index contributed by atoms with van der Waals surface area (Å²) in [5.74, 6) is -0.573. The van der Waals surface area contributed by atoms with Crippen LogP contribution in [-0.2, 0) is 20.8 Å². The van der Waals surface area contributed by atoms with E-state index in [1.165, 1.54) is 19.4 Å². The van der Waals surface area contributed by atoms with Crippen molar-refractivity contribution in [2.24, 2.45) is 0 Å². The Morgan fingerprint density at radius 1 is 1.10 bits per heavy atom. The van der Waals surface area contributed by atoms with Crippen LogP contribution >= 0.6 is 11.8 Å². The summed E-state index contributed by atoms with van der Waals surface area (Å²) in [6.45, 7) is 4.79. The molecule has 0 aliphatic heterocycles. The number of thioether (sulfide) groups is 1. The van der Waals surface area contributed by atoms with Crippen LogP contribution < -0.4 is 5.32 Å². The number of hydrogen-bond acceptors (Lipinski definition) is 4. The van der Waals surface area contributed by atoms with Crippen LogP contribution in [0.25, 0.3) is 0 Å². The number of carbonyl (C=O) groups excluding carboxylic acids is 3. The van der Waals surface area contributed by atoms with E-state index < -0.39 is 5.25 Å². The molecule has 1 aromatic carbocycles. The Kier molecular flexibility index (Phi) is 6.45. The maximum atomic E-state index is 11.8. The number of benzene rings is 1. The summed E-state index contributed by atoms with van der Waals surface area (Å²) in [5.41, 5.74) is 1.92. The van der Waals surface area contributed by atoms with Crippen molar-refractivity contribution in [2.75, 3.05) is 11.1 Å². The molecule has 5 heteroatoms. The molecule has 0 saturated carbocycles. The minimum Gasteiger partial charge on any atom is -0.325 e. The van der Waals surface area contributed by atoms with E-state index in [1.54, 1.807) is 0 Å². The molecule has 0 saturated heterocycles. The number of rotatable bonds is 7. The van der Waals surface area contributed by atoms with Crippen LogP contribution in [0.2, 0.25) is 0 Å². The van der Waals surface area contributed by atoms with Crippen LogP contribution in [0.15, 0.2) is 24.3 Å². The summed E-state index contributed by atoms with van der Waals surface area (Å²) in [4.78, 5) is 34.3. The van der Waals surface area contributed by atoms with Crippen LogP contribution in [0.3, 0.4) is 0 Å². The van der Waals surface area contributed by atoms with E-state index in [0.29, 0.717) is 0 Å². The van der Waals surface area contributed by atoms with Crippen LogP contribution in [0.1, 0.15) is 26.3 Å². The molecular formula is C15H19NO3S. The fraction of sp³-hybridized carbons (Fsp3) is 0.400. The van der Waals surface area contributed by atoms with Crippen molar-refractivity contribution in [1.82, 2.24) is 0 Å². The molecule has 4 nitrogen and oxygen atoms in total. The highest BCUT2D eigenvalue weighted by Crippen LogP contribution is 2.15. The van der Waals surface area contributed by atoms with Gasteiger partial charge >= 0.3 is 0 Å². The van der Waals surface area contributed by atoms with Crippen molar-refractivity contribution < 1.29 is 14.4 Å². The number of ketones is 2. The SMILES string of the molecule is CCc1ccc(NC(=O)CSC(C(C)=O)C(C)=O)cc1. The quantitative estimate of drug-likeness (QED) is 0.784. The Labute approximate surface area is 123 Å². The molecule has 0 aliphatic carbocycles. The van der Waals surface area contributed by atoms with Gasteiger partial charge in [-0.05, 0) is 38.0 Å². The van der Waals surface area contributed by atoms with Crippen molar-refractivity contribution in [3.8, 4) is 0 Å². The summed E-state index contributed by atoms with van der Waals surface area (Å²) in [6.07, 6.45) is 0.947. The molecule has 0 bridgehead atoms. The van der Waals surface area contributed by atoms with E-state index >= 15 is 0 Å². The lowest BCUT2D eigenvalue weighted by Gasteiger charge is -2.10. The Morgan fingerprint density at radius 3 is 2.10 bits per heavy atom. The number of Topliss-reactive ketones (excluding diaryl/α,β-unsaturated/α-hetero) is 2. The maximum absolute atomic E-state index is 11.8. The van der Waals surface area contributed by atoms with Crippen LogP contribution in [0.5, 0.6) is 0 Å². The Bertz CT molecular complexity index is 482. The van der Waals surface area contributed by atoms with Crippen LogP contribution in [0, 0.1) is 0 Å². The van der Waals surface area contributed by atoms with Gasteiger partial charge in [0.15, 0.2) is 0 Å². The smallest absolute Gasteiger partial charge is 0.234 e. The van der Waals surface area contributed by atoms with E-state index in [0.717, 1.165) is 23.9 Å². The first-order valence-corrected chi connectivity index (χ1v) is 7.50. The monoisotopic (exact) mass is 293 g/mol. The number of amides is 1. The minimum atomic E-state index is -0.747. The van der Waals surface area contributed by atoms with Gasteiger partial charge < -0.3 is 5.32 Å². The van der Waals surface area contributed by atoms with Crippen LogP contribution in [0.4, 0.5) is 5.69 Å². The van der Waals surface area contributed by atoms with E-state index in [9.17, 15) is 14.4 Å². The zero-order valence-electron chi connectivity index (χ0n) is 11.9. The second-order valence-corrected chi connectivity index (χ2v) is 5.60. The molecule has 0 unspecified atom stereocenters. The number of hydrogen-bond donors (Lipinski definition) is 1. The first-order chi connectivity index (χ1) is 9.43. The van der Waals surface area contributed by atoms with Crippen molar-refractivity contribution in [3.05, 3.63) is 29.8 Å². The Hall–Kier alpha value is -1.62. The van der Waals surface area contributed by atoms with E-state index in [-0.39, 0.29) is 23.2 Å². The summed E-state index contributed by atoms with van der Waals surface area (Å²) >= 11 is 1.06. The normalized spacial score (nSPS) is 10.4. The highest BCUT2D eigenvalue weighted by atomic mass is 32.2. The molecule has 0 fully saturated rings. The van der Waals surface area contributed by atoms with E-state index in [2.05, 4.69) is 12.2 Å². The summed E-state index contributed by atoms with van der Waals surface area (Å²) in [7, 11) is 0. The number of carbonyl (C=O) groups is 3. The zero-order chi connectivity index (χ0) is 15.1. The first-order valence-electron chi connectivity index (χ1n) is 6.45. The predicted molar refractivity (Wildman–Crippen MR) is 82.1 cm³/mol. The average molecular weight is 293 g/mol. The molecule has 108 valence electrons. The van der Waals surface area contributed by atoms with E-state index in [1.807, 2.05) is 24.3 Å². The van der Waals surface area contributed by atoms with Gasteiger partial charge in [-0.2, -0.15) is 0 Å². The van der Waals surface area contributed by atoms with Crippen molar-refractivity contribution in [1.29, 1.82) is 0 Å². The van der Waals surface area contributed by atoms with Gasteiger partial charge in [0.25, 0.3) is 0 Å². The number of nitrogens with one attached hydrogen (secondary N) is 1. The lowest BCUT2D eigenvalue weighted by molar-refractivity contribution is -0.123. The highest BCUT2D eigenvalue weighted by molar-refractivity contribution is 8.02. The van der Waals surface area contributed by atoms with Gasteiger partial charge in [-0.15, -0.1) is 11.8 Å². The molecule has 0 aliphatic rings. The average Bonchev–Trinajstić information content (AvgIpc) is 2.39. The molecular weight excluding hydrogens is 274 g/mol. The number of aryl methyl sites for hydroxylation is 1. The third-order valence-electron chi connectivity index (χ3n) is 2.77. The molecule has 0 radical (unpaired) electrons. The molecule has 1 aromatic rings. The van der Waals surface area contributed by atoms with Gasteiger partial charge in [-0.25, -0.2) is 0 Å². The fourth-order valence-corrected chi connectivity index (χ4v) is 2.56. The third kappa shape index (κ3) is 5.17. The topological polar surface area (TPSA) is 63.2 Å². The summed E-state index contributed by atoms with van der Waals surface area (Å²) in [6, 6.07) is 7.59. The zero-order valence-corrected chi connectivity index (χ0v) is 12.8. The molecule has 0 atom stereocenters. The second kappa shape index (κ2) is 7.85.